The van der Waals surface area contributed by atoms with E-state index >= 15 is 0 Å². The van der Waals surface area contributed by atoms with Crippen molar-refractivity contribution in [3.8, 4) is 45.9 Å². The van der Waals surface area contributed by atoms with Gasteiger partial charge in [-0.05, 0) is 61.5 Å². The van der Waals surface area contributed by atoms with Gasteiger partial charge in [-0.1, -0.05) is 47.1 Å². The van der Waals surface area contributed by atoms with Gasteiger partial charge in [-0.3, -0.25) is 0 Å². The van der Waals surface area contributed by atoms with Crippen LogP contribution in [-0.4, -0.2) is 19.4 Å². The molecule has 1 atom stereocenters. The second-order valence-corrected chi connectivity index (χ2v) is 12.0. The molecule has 0 saturated heterocycles. The molecule has 8 heteroatoms. The van der Waals surface area contributed by atoms with Crippen LogP contribution in [0.1, 0.15) is 22.5 Å². The maximum Gasteiger partial charge on any atom is 0.397 e. The first-order valence-electron chi connectivity index (χ1n) is 15.1. The molecule has 0 aliphatic carbocycles. The number of aromatic nitrogens is 6. The third-order valence-corrected chi connectivity index (χ3v) is 9.89. The van der Waals surface area contributed by atoms with Gasteiger partial charge in [0, 0.05) is 29.3 Å². The Kier molecular flexibility index (Phi) is 4.03. The molecule has 45 heavy (non-hydrogen) atoms. The van der Waals surface area contributed by atoms with Crippen molar-refractivity contribution in [2.45, 2.75) is 19.5 Å². The van der Waals surface area contributed by atoms with Crippen LogP contribution in [0, 0.1) is 13.8 Å². The van der Waals surface area contributed by atoms with Gasteiger partial charge in [0.15, 0.2) is 11.1 Å². The third kappa shape index (κ3) is 2.51. The van der Waals surface area contributed by atoms with Gasteiger partial charge in [0.2, 0.25) is 11.6 Å². The zero-order valence-electron chi connectivity index (χ0n) is 24.4. The smallest absolute Gasteiger partial charge is 0.397 e. The van der Waals surface area contributed by atoms with Crippen LogP contribution in [0.15, 0.2) is 114 Å². The summed E-state index contributed by atoms with van der Waals surface area (Å²) in [5, 5.41) is 11.5. The summed E-state index contributed by atoms with van der Waals surface area (Å²) in [6.45, 7) is 4.30. The minimum absolute atomic E-state index is 0.501. The first-order chi connectivity index (χ1) is 22.2. The van der Waals surface area contributed by atoms with E-state index in [4.69, 9.17) is 9.15 Å². The fourth-order valence-electron chi connectivity index (χ4n) is 8.30. The molecule has 0 radical (unpaired) electrons. The molecule has 4 aromatic carbocycles. The Morgan fingerprint density at radius 2 is 1.51 bits per heavy atom. The van der Waals surface area contributed by atoms with Crippen LogP contribution in [0.25, 0.3) is 56.2 Å². The van der Waals surface area contributed by atoms with Gasteiger partial charge in [-0.15, -0.1) is 14.9 Å². The summed E-state index contributed by atoms with van der Waals surface area (Å²) in [5.74, 6) is 3.79. The molecule has 1 unspecified atom stereocenters. The quantitative estimate of drug-likeness (QED) is 0.217. The van der Waals surface area contributed by atoms with Crippen molar-refractivity contribution in [1.82, 2.24) is 19.4 Å². The molecule has 11 rings (SSSR count). The SMILES string of the molecule is Cc1c(-c2nnc(-c3ccccc3)o2)c(C)[n+]2n1-c1cccc3c1C21c2c(ccc4c5ccccc5n(c24)-c2cccc[n+]21)O3. The third-order valence-electron chi connectivity index (χ3n) is 9.89. The number of para-hydroxylation sites is 1. The first-order valence-corrected chi connectivity index (χ1v) is 15.1. The van der Waals surface area contributed by atoms with E-state index in [-0.39, 0.29) is 0 Å². The van der Waals surface area contributed by atoms with Gasteiger partial charge >= 0.3 is 5.66 Å². The van der Waals surface area contributed by atoms with Crippen LogP contribution in [0.2, 0.25) is 0 Å². The monoisotopic (exact) mass is 584 g/mol. The minimum Gasteiger partial charge on any atom is -0.456 e. The summed E-state index contributed by atoms with van der Waals surface area (Å²) in [7, 11) is 0. The number of benzene rings is 4. The van der Waals surface area contributed by atoms with Crippen molar-refractivity contribution < 1.29 is 18.4 Å². The lowest BCUT2D eigenvalue weighted by molar-refractivity contribution is -0.995. The topological polar surface area (TPSA) is 65.8 Å². The van der Waals surface area contributed by atoms with Crippen LogP contribution < -0.4 is 14.0 Å². The average molecular weight is 585 g/mol. The lowest BCUT2D eigenvalue weighted by Gasteiger charge is -2.33. The molecule has 1 spiro atoms. The maximum atomic E-state index is 6.80. The highest BCUT2D eigenvalue weighted by Crippen LogP contribution is 2.56. The van der Waals surface area contributed by atoms with Crippen LogP contribution in [0.3, 0.4) is 0 Å². The number of hydrogen-bond acceptors (Lipinski definition) is 4. The highest BCUT2D eigenvalue weighted by Gasteiger charge is 2.70. The van der Waals surface area contributed by atoms with E-state index in [0.29, 0.717) is 11.8 Å². The molecule has 0 N–H and O–H groups in total. The first kappa shape index (κ1) is 23.4. The number of rotatable bonds is 2. The number of nitrogens with zero attached hydrogens (tertiary/aromatic N) is 6. The number of pyridine rings is 1. The van der Waals surface area contributed by atoms with Crippen molar-refractivity contribution in [3.63, 3.8) is 0 Å². The molecule has 7 heterocycles. The molecule has 0 saturated carbocycles. The van der Waals surface area contributed by atoms with Crippen molar-refractivity contribution in [2.75, 3.05) is 0 Å². The molecule has 0 fully saturated rings. The Morgan fingerprint density at radius 3 is 2.42 bits per heavy atom. The average Bonchev–Trinajstić information content (AvgIpc) is 3.83. The number of fused-ring (bicyclic) bond motifs is 7. The Morgan fingerprint density at radius 1 is 0.711 bits per heavy atom. The maximum absolute atomic E-state index is 6.80. The molecule has 8 aromatic rings. The number of ether oxygens (including phenoxy) is 1. The second kappa shape index (κ2) is 7.73. The Hall–Kier alpha value is -6.02. The lowest BCUT2D eigenvalue weighted by atomic mass is 9.84. The largest absolute Gasteiger partial charge is 0.456 e. The summed E-state index contributed by atoms with van der Waals surface area (Å²) in [6, 6.07) is 35.7. The number of hydrogen-bond donors (Lipinski definition) is 0. The predicted octanol–water partition coefficient (Wildman–Crippen LogP) is 6.51. The molecule has 4 aromatic heterocycles. The summed E-state index contributed by atoms with van der Waals surface area (Å²) < 4.78 is 22.7. The molecular formula is C37H24N6O2+2. The van der Waals surface area contributed by atoms with Crippen molar-refractivity contribution in [1.29, 1.82) is 0 Å². The Bertz CT molecular complexity index is 2610. The highest BCUT2D eigenvalue weighted by atomic mass is 16.5. The summed E-state index contributed by atoms with van der Waals surface area (Å²) in [5.41, 5.74) is 8.72. The van der Waals surface area contributed by atoms with Crippen LogP contribution in [0.5, 0.6) is 11.5 Å². The Balaban J connectivity index is 1.32. The van der Waals surface area contributed by atoms with E-state index in [2.05, 4.69) is 122 Å². The highest BCUT2D eigenvalue weighted by molar-refractivity contribution is 6.11. The van der Waals surface area contributed by atoms with Crippen LogP contribution in [-0.2, 0) is 5.66 Å². The van der Waals surface area contributed by atoms with Gasteiger partial charge in [0.05, 0.1) is 11.9 Å². The fourth-order valence-corrected chi connectivity index (χ4v) is 8.30. The molecule has 3 aliphatic rings. The molecule has 8 nitrogen and oxygen atoms in total. The normalized spacial score (nSPS) is 16.5. The van der Waals surface area contributed by atoms with E-state index < -0.39 is 5.66 Å². The van der Waals surface area contributed by atoms with Crippen molar-refractivity contribution in [2.24, 2.45) is 0 Å². The van der Waals surface area contributed by atoms with E-state index in [9.17, 15) is 0 Å². The van der Waals surface area contributed by atoms with E-state index in [1.54, 1.807) is 0 Å². The van der Waals surface area contributed by atoms with E-state index in [1.165, 1.54) is 16.3 Å². The summed E-state index contributed by atoms with van der Waals surface area (Å²) in [6.07, 6.45) is 2.20. The minimum atomic E-state index is -0.768. The summed E-state index contributed by atoms with van der Waals surface area (Å²) >= 11 is 0. The van der Waals surface area contributed by atoms with Gasteiger partial charge < -0.3 is 9.15 Å². The second-order valence-electron chi connectivity index (χ2n) is 12.0. The molecule has 0 bridgehead atoms. The predicted molar refractivity (Wildman–Crippen MR) is 167 cm³/mol. The van der Waals surface area contributed by atoms with Crippen molar-refractivity contribution in [3.05, 3.63) is 132 Å². The van der Waals surface area contributed by atoms with Crippen LogP contribution in [0.4, 0.5) is 0 Å². The van der Waals surface area contributed by atoms with Gasteiger partial charge in [0.1, 0.15) is 33.8 Å². The zero-order valence-corrected chi connectivity index (χ0v) is 24.4. The molecule has 3 aliphatic heterocycles. The van der Waals surface area contributed by atoms with Gasteiger partial charge in [-0.2, -0.15) is 9.13 Å². The molecular weight excluding hydrogens is 560 g/mol. The standard InChI is InChI=1S/C37H24N6O2/c1-21-31(36-39-38-35(45-36)23-11-4-3-5-12-23)22(2)43-37-32-27(42(21)43)15-10-16-28(32)44-29-19-18-25-24-13-6-7-14-26(24)41(34(25)33(29)37)30-17-8-9-20-40(30)37/h3-20H,1-2H3/q+2. The van der Waals surface area contributed by atoms with E-state index in [1.807, 2.05) is 30.3 Å². The molecule has 212 valence electrons. The fraction of sp³-hybridized carbons (Fsp3) is 0.0811. The van der Waals surface area contributed by atoms with Gasteiger partial charge in [-0.25, -0.2) is 0 Å². The van der Waals surface area contributed by atoms with E-state index in [0.717, 1.165) is 62.2 Å². The lowest BCUT2D eigenvalue weighted by Crippen LogP contribution is -2.77. The zero-order chi connectivity index (χ0) is 29.6. The molecule has 0 amide bonds. The van der Waals surface area contributed by atoms with Gasteiger partial charge in [0.25, 0.3) is 11.7 Å². The Labute approximate surface area is 256 Å². The summed E-state index contributed by atoms with van der Waals surface area (Å²) in [4.78, 5) is 0. The van der Waals surface area contributed by atoms with Crippen LogP contribution >= 0.6 is 0 Å². The van der Waals surface area contributed by atoms with Crippen molar-refractivity contribution >= 4 is 21.8 Å².